The molecule has 0 bridgehead atoms. The number of hydrogen-bond donors (Lipinski definition) is 2. The highest BCUT2D eigenvalue weighted by Crippen LogP contribution is 2.22. The molecule has 6 heteroatoms. The summed E-state index contributed by atoms with van der Waals surface area (Å²) < 4.78 is 10.5. The molecule has 2 N–H and O–H groups in total. The van der Waals surface area contributed by atoms with Gasteiger partial charge in [0.1, 0.15) is 11.5 Å². The molecule has 0 unspecified atom stereocenters. The molecule has 0 aliphatic carbocycles. The molecule has 0 aliphatic rings. The van der Waals surface area contributed by atoms with Gasteiger partial charge in [0.15, 0.2) is 0 Å². The van der Waals surface area contributed by atoms with E-state index in [0.29, 0.717) is 24.6 Å². The third-order valence-corrected chi connectivity index (χ3v) is 4.82. The zero-order chi connectivity index (χ0) is 18.8. The predicted octanol–water partition coefficient (Wildman–Crippen LogP) is 3.74. The zero-order valence-corrected chi connectivity index (χ0v) is 16.3. The second kappa shape index (κ2) is 10.6. The monoisotopic (exact) mass is 374 g/mol. The van der Waals surface area contributed by atoms with Gasteiger partial charge in [-0.05, 0) is 30.2 Å². The lowest BCUT2D eigenvalue weighted by molar-refractivity contribution is 0.241. The Kier molecular flexibility index (Phi) is 8.15. The summed E-state index contributed by atoms with van der Waals surface area (Å²) in [7, 11) is 3.21. The van der Waals surface area contributed by atoms with Crippen molar-refractivity contribution >= 4 is 17.8 Å². The quantitative estimate of drug-likeness (QED) is 0.657. The van der Waals surface area contributed by atoms with E-state index in [0.717, 1.165) is 17.1 Å². The molecule has 2 rings (SSSR count). The molecule has 0 spiro atoms. The van der Waals surface area contributed by atoms with Gasteiger partial charge in [-0.15, -0.1) is 0 Å². The van der Waals surface area contributed by atoms with Gasteiger partial charge in [0.2, 0.25) is 0 Å². The number of amides is 2. The molecule has 2 amide bonds. The Morgan fingerprint density at radius 3 is 2.23 bits per heavy atom. The number of carbonyl (C=O) groups excluding carboxylic acids is 1. The van der Waals surface area contributed by atoms with E-state index in [4.69, 9.17) is 9.47 Å². The van der Waals surface area contributed by atoms with Gasteiger partial charge >= 0.3 is 6.03 Å². The highest BCUT2D eigenvalue weighted by molar-refractivity contribution is 7.98. The highest BCUT2D eigenvalue weighted by atomic mass is 32.2. The van der Waals surface area contributed by atoms with Crippen LogP contribution in [0.15, 0.2) is 42.5 Å². The molecular weight excluding hydrogens is 348 g/mol. The Hall–Kier alpha value is -2.34. The molecule has 0 saturated heterocycles. The number of carbonyl (C=O) groups is 1. The lowest BCUT2D eigenvalue weighted by atomic mass is 10.2. The van der Waals surface area contributed by atoms with Crippen molar-refractivity contribution in [2.45, 2.75) is 19.2 Å². The Morgan fingerprint density at radius 2 is 1.62 bits per heavy atom. The van der Waals surface area contributed by atoms with Crippen LogP contribution in [0.3, 0.4) is 0 Å². The van der Waals surface area contributed by atoms with Gasteiger partial charge in [-0.25, -0.2) is 4.79 Å². The minimum Gasteiger partial charge on any atom is -0.497 e. The van der Waals surface area contributed by atoms with Crippen LogP contribution >= 0.6 is 11.8 Å². The van der Waals surface area contributed by atoms with E-state index >= 15 is 0 Å². The maximum absolute atomic E-state index is 11.9. The first-order chi connectivity index (χ1) is 12.6. The molecule has 0 saturated carbocycles. The second-order valence-electron chi connectivity index (χ2n) is 5.87. The maximum atomic E-state index is 11.9. The number of urea groups is 1. The van der Waals surface area contributed by atoms with Crippen molar-refractivity contribution in [3.05, 3.63) is 59.2 Å². The maximum Gasteiger partial charge on any atom is 0.315 e. The number of rotatable bonds is 9. The third-order valence-electron chi connectivity index (χ3n) is 3.79. The lowest BCUT2D eigenvalue weighted by Crippen LogP contribution is -2.36. The number of nitrogens with one attached hydrogen (secondary N) is 2. The summed E-state index contributed by atoms with van der Waals surface area (Å²) in [6.45, 7) is 3.13. The van der Waals surface area contributed by atoms with Gasteiger partial charge in [0.05, 0.1) is 14.2 Å². The van der Waals surface area contributed by atoms with Crippen LogP contribution < -0.4 is 20.1 Å². The van der Waals surface area contributed by atoms with Crippen molar-refractivity contribution < 1.29 is 14.3 Å². The summed E-state index contributed by atoms with van der Waals surface area (Å²) in [5.74, 6) is 3.23. The predicted molar refractivity (Wildman–Crippen MR) is 107 cm³/mol. The molecule has 0 fully saturated rings. The lowest BCUT2D eigenvalue weighted by Gasteiger charge is -2.10. The Labute approximate surface area is 159 Å². The minimum absolute atomic E-state index is 0.178. The van der Waals surface area contributed by atoms with Crippen LogP contribution in [0, 0.1) is 6.92 Å². The first-order valence-corrected chi connectivity index (χ1v) is 9.63. The van der Waals surface area contributed by atoms with E-state index in [-0.39, 0.29) is 6.03 Å². The van der Waals surface area contributed by atoms with Crippen molar-refractivity contribution in [3.8, 4) is 11.5 Å². The van der Waals surface area contributed by atoms with Crippen molar-refractivity contribution in [1.29, 1.82) is 0 Å². The van der Waals surface area contributed by atoms with Crippen molar-refractivity contribution in [2.24, 2.45) is 0 Å². The van der Waals surface area contributed by atoms with Crippen LogP contribution in [0.2, 0.25) is 0 Å². The smallest absolute Gasteiger partial charge is 0.315 e. The number of methoxy groups -OCH3 is 2. The Bertz CT molecular complexity index is 682. The highest BCUT2D eigenvalue weighted by Gasteiger charge is 2.04. The van der Waals surface area contributed by atoms with Crippen LogP contribution in [0.1, 0.15) is 16.7 Å². The molecule has 2 aromatic rings. The number of aryl methyl sites for hydroxylation is 1. The van der Waals surface area contributed by atoms with Crippen molar-refractivity contribution in [3.63, 3.8) is 0 Å². The standard InChI is InChI=1S/C20H26N2O3S/c1-15-4-6-16(7-5-15)14-26-9-8-21-20(23)22-13-17-10-18(24-2)12-19(11-17)25-3/h4-7,10-12H,8-9,13-14H2,1-3H3,(H2,21,22,23). The fourth-order valence-corrected chi connectivity index (χ4v) is 3.14. The van der Waals surface area contributed by atoms with E-state index in [1.165, 1.54) is 11.1 Å². The van der Waals surface area contributed by atoms with Gasteiger partial charge in [-0.2, -0.15) is 11.8 Å². The third kappa shape index (κ3) is 6.88. The van der Waals surface area contributed by atoms with E-state index in [1.807, 2.05) is 12.1 Å². The van der Waals surface area contributed by atoms with Gasteiger partial charge in [-0.1, -0.05) is 29.8 Å². The summed E-state index contributed by atoms with van der Waals surface area (Å²) in [6, 6.07) is 13.9. The molecule has 26 heavy (non-hydrogen) atoms. The number of benzene rings is 2. The first-order valence-electron chi connectivity index (χ1n) is 8.47. The van der Waals surface area contributed by atoms with Crippen molar-refractivity contribution in [2.75, 3.05) is 26.5 Å². The average Bonchev–Trinajstić information content (AvgIpc) is 2.67. The number of ether oxygens (including phenoxy) is 2. The van der Waals surface area contributed by atoms with Crippen LogP contribution in [-0.4, -0.2) is 32.5 Å². The number of hydrogen-bond acceptors (Lipinski definition) is 4. The largest absolute Gasteiger partial charge is 0.497 e. The molecular formula is C20H26N2O3S. The SMILES string of the molecule is COc1cc(CNC(=O)NCCSCc2ccc(C)cc2)cc(OC)c1. The molecule has 0 aliphatic heterocycles. The molecule has 5 nitrogen and oxygen atoms in total. The van der Waals surface area contributed by atoms with E-state index in [9.17, 15) is 4.79 Å². The topological polar surface area (TPSA) is 59.6 Å². The molecule has 0 atom stereocenters. The zero-order valence-electron chi connectivity index (χ0n) is 15.5. The normalized spacial score (nSPS) is 10.3. The van der Waals surface area contributed by atoms with Crippen LogP contribution in [0.4, 0.5) is 4.79 Å². The molecule has 0 radical (unpaired) electrons. The Balaban J connectivity index is 1.65. The summed E-state index contributed by atoms with van der Waals surface area (Å²) in [5.41, 5.74) is 3.49. The molecule has 0 aromatic heterocycles. The fraction of sp³-hybridized carbons (Fsp3) is 0.350. The summed E-state index contributed by atoms with van der Waals surface area (Å²) >= 11 is 1.80. The van der Waals surface area contributed by atoms with Gasteiger partial charge in [0, 0.05) is 30.7 Å². The minimum atomic E-state index is -0.178. The van der Waals surface area contributed by atoms with Gasteiger partial charge in [0.25, 0.3) is 0 Å². The summed E-state index contributed by atoms with van der Waals surface area (Å²) in [4.78, 5) is 11.9. The molecule has 0 heterocycles. The Morgan fingerprint density at radius 1 is 0.962 bits per heavy atom. The molecule has 2 aromatic carbocycles. The van der Waals surface area contributed by atoms with Crippen LogP contribution in [0.5, 0.6) is 11.5 Å². The fourth-order valence-electron chi connectivity index (χ4n) is 2.32. The van der Waals surface area contributed by atoms with Gasteiger partial charge < -0.3 is 20.1 Å². The van der Waals surface area contributed by atoms with E-state index in [2.05, 4.69) is 41.8 Å². The van der Waals surface area contributed by atoms with E-state index < -0.39 is 0 Å². The molecule has 140 valence electrons. The average molecular weight is 375 g/mol. The van der Waals surface area contributed by atoms with Crippen molar-refractivity contribution in [1.82, 2.24) is 10.6 Å². The van der Waals surface area contributed by atoms with Crippen LogP contribution in [0.25, 0.3) is 0 Å². The van der Waals surface area contributed by atoms with E-state index in [1.54, 1.807) is 32.0 Å². The van der Waals surface area contributed by atoms with Gasteiger partial charge in [-0.3, -0.25) is 0 Å². The first kappa shape index (κ1) is 20.0. The van der Waals surface area contributed by atoms with Crippen LogP contribution in [-0.2, 0) is 12.3 Å². The summed E-state index contributed by atoms with van der Waals surface area (Å²) in [6.07, 6.45) is 0. The second-order valence-corrected chi connectivity index (χ2v) is 6.97. The number of thioether (sulfide) groups is 1. The summed E-state index contributed by atoms with van der Waals surface area (Å²) in [5, 5.41) is 5.72.